The molecule has 0 spiro atoms. The second-order valence-corrected chi connectivity index (χ2v) is 4.46. The molecule has 1 atom stereocenters. The first-order valence-electron chi connectivity index (χ1n) is 5.10. The normalized spacial score (nSPS) is 31.4. The zero-order valence-corrected chi connectivity index (χ0v) is 8.42. The van der Waals surface area contributed by atoms with Crippen molar-refractivity contribution in [1.82, 2.24) is 4.90 Å². The van der Waals surface area contributed by atoms with Crippen molar-refractivity contribution in [2.75, 3.05) is 14.1 Å². The number of ketones is 1. The number of nitrogens with zero attached hydrogens (tertiary/aromatic N) is 1. The van der Waals surface area contributed by atoms with E-state index in [1.165, 1.54) is 12.8 Å². The molecule has 2 nitrogen and oxygen atoms in total. The largest absolute Gasteiger partial charge is 0.383 e. The van der Waals surface area contributed by atoms with Crippen LogP contribution in [0.25, 0.3) is 0 Å². The van der Waals surface area contributed by atoms with Crippen LogP contribution in [0.4, 0.5) is 0 Å². The monoisotopic (exact) mass is 179 g/mol. The lowest BCUT2D eigenvalue weighted by Crippen LogP contribution is -2.12. The second kappa shape index (κ2) is 3.17. The minimum Gasteiger partial charge on any atom is -0.383 e. The van der Waals surface area contributed by atoms with Crippen LogP contribution in [-0.2, 0) is 4.79 Å². The molecule has 0 aromatic heterocycles. The fourth-order valence-electron chi connectivity index (χ4n) is 2.19. The van der Waals surface area contributed by atoms with E-state index in [1.807, 2.05) is 25.2 Å². The van der Waals surface area contributed by atoms with Gasteiger partial charge in [-0.1, -0.05) is 0 Å². The minimum absolute atomic E-state index is 0.381. The van der Waals surface area contributed by atoms with Crippen molar-refractivity contribution in [1.29, 1.82) is 0 Å². The molecule has 2 aliphatic rings. The summed E-state index contributed by atoms with van der Waals surface area (Å²) in [6, 6.07) is 0. The van der Waals surface area contributed by atoms with Gasteiger partial charge in [-0.15, -0.1) is 0 Å². The summed E-state index contributed by atoms with van der Waals surface area (Å²) in [4.78, 5) is 13.8. The summed E-state index contributed by atoms with van der Waals surface area (Å²) in [7, 11) is 3.95. The molecule has 2 rings (SSSR count). The highest BCUT2D eigenvalue weighted by Crippen LogP contribution is 2.44. The van der Waals surface area contributed by atoms with E-state index in [-0.39, 0.29) is 0 Å². The third-order valence-electron chi connectivity index (χ3n) is 2.98. The van der Waals surface area contributed by atoms with Crippen molar-refractivity contribution in [2.45, 2.75) is 25.7 Å². The van der Waals surface area contributed by atoms with Crippen LogP contribution in [-0.4, -0.2) is 24.8 Å². The van der Waals surface area contributed by atoms with Crippen molar-refractivity contribution < 1.29 is 4.79 Å². The molecule has 0 heterocycles. The summed E-state index contributed by atoms with van der Waals surface area (Å²) in [5, 5.41) is 0. The van der Waals surface area contributed by atoms with E-state index in [0.29, 0.717) is 11.7 Å². The minimum atomic E-state index is 0.381. The van der Waals surface area contributed by atoms with Crippen LogP contribution in [0.1, 0.15) is 25.7 Å². The van der Waals surface area contributed by atoms with E-state index in [9.17, 15) is 4.79 Å². The molecule has 0 amide bonds. The van der Waals surface area contributed by atoms with E-state index in [0.717, 1.165) is 24.3 Å². The summed E-state index contributed by atoms with van der Waals surface area (Å²) in [5.74, 6) is 1.54. The SMILES string of the molecule is CN(C)C=C1CCC(C2CC2)C1=O. The number of Topliss-reactive ketones (excluding diaryl/α,β-unsaturated/α-hetero) is 1. The Kier molecular flexibility index (Phi) is 2.14. The lowest BCUT2D eigenvalue weighted by atomic mass is 10.0. The molecule has 0 aliphatic heterocycles. The maximum absolute atomic E-state index is 11.8. The molecule has 0 N–H and O–H groups in total. The molecule has 72 valence electrons. The molecule has 13 heavy (non-hydrogen) atoms. The zero-order valence-electron chi connectivity index (χ0n) is 8.42. The standard InChI is InChI=1S/C11H17NO/c1-12(2)7-9-5-6-10(11(9)13)8-3-4-8/h7-8,10H,3-6H2,1-2H3. The number of rotatable bonds is 2. The molecule has 0 bridgehead atoms. The van der Waals surface area contributed by atoms with Gasteiger partial charge in [-0.3, -0.25) is 4.79 Å². The van der Waals surface area contributed by atoms with Gasteiger partial charge in [-0.05, 0) is 31.6 Å². The molecule has 0 aromatic carbocycles. The Morgan fingerprint density at radius 3 is 2.54 bits per heavy atom. The van der Waals surface area contributed by atoms with Gasteiger partial charge in [0.25, 0.3) is 0 Å². The van der Waals surface area contributed by atoms with Gasteiger partial charge in [0, 0.05) is 31.8 Å². The fourth-order valence-corrected chi connectivity index (χ4v) is 2.19. The van der Waals surface area contributed by atoms with Crippen LogP contribution in [0.2, 0.25) is 0 Å². The van der Waals surface area contributed by atoms with E-state index < -0.39 is 0 Å². The maximum atomic E-state index is 11.8. The van der Waals surface area contributed by atoms with Crippen molar-refractivity contribution >= 4 is 5.78 Å². The van der Waals surface area contributed by atoms with Crippen molar-refractivity contribution in [3.63, 3.8) is 0 Å². The molecule has 2 heteroatoms. The van der Waals surface area contributed by atoms with Gasteiger partial charge in [0.15, 0.2) is 5.78 Å². The Bertz CT molecular complexity index is 251. The summed E-state index contributed by atoms with van der Waals surface area (Å²) in [6.07, 6.45) is 6.66. The van der Waals surface area contributed by atoms with Crippen molar-refractivity contribution in [3.05, 3.63) is 11.8 Å². The molecular formula is C11H17NO. The smallest absolute Gasteiger partial charge is 0.163 e. The molecular weight excluding hydrogens is 162 g/mol. The first-order valence-corrected chi connectivity index (χ1v) is 5.10. The maximum Gasteiger partial charge on any atom is 0.163 e. The van der Waals surface area contributed by atoms with E-state index in [2.05, 4.69) is 0 Å². The van der Waals surface area contributed by atoms with Gasteiger partial charge >= 0.3 is 0 Å². The van der Waals surface area contributed by atoms with Crippen LogP contribution in [0.15, 0.2) is 11.8 Å². The third kappa shape index (κ3) is 1.77. The van der Waals surface area contributed by atoms with Crippen LogP contribution in [0.3, 0.4) is 0 Å². The highest BCUT2D eigenvalue weighted by Gasteiger charge is 2.40. The van der Waals surface area contributed by atoms with Crippen LogP contribution in [0, 0.1) is 11.8 Å². The summed E-state index contributed by atoms with van der Waals surface area (Å²) in [6.45, 7) is 0. The Hall–Kier alpha value is -0.790. The lowest BCUT2D eigenvalue weighted by molar-refractivity contribution is -0.118. The number of hydrogen-bond acceptors (Lipinski definition) is 2. The first kappa shape index (κ1) is 8.79. The van der Waals surface area contributed by atoms with Gasteiger partial charge in [0.1, 0.15) is 0 Å². The molecule has 1 unspecified atom stereocenters. The lowest BCUT2D eigenvalue weighted by Gasteiger charge is -2.07. The van der Waals surface area contributed by atoms with Crippen LogP contribution >= 0.6 is 0 Å². The Labute approximate surface area is 79.6 Å². The summed E-state index contributed by atoms with van der Waals surface area (Å²) >= 11 is 0. The van der Waals surface area contributed by atoms with Crippen LogP contribution < -0.4 is 0 Å². The predicted molar refractivity (Wildman–Crippen MR) is 52.2 cm³/mol. The second-order valence-electron chi connectivity index (χ2n) is 4.46. The topological polar surface area (TPSA) is 20.3 Å². The molecule has 2 fully saturated rings. The van der Waals surface area contributed by atoms with Gasteiger partial charge < -0.3 is 4.90 Å². The van der Waals surface area contributed by atoms with Gasteiger partial charge in [-0.2, -0.15) is 0 Å². The highest BCUT2D eigenvalue weighted by molar-refractivity contribution is 5.99. The van der Waals surface area contributed by atoms with Crippen LogP contribution in [0.5, 0.6) is 0 Å². The number of allylic oxidation sites excluding steroid dienone is 1. The Morgan fingerprint density at radius 1 is 1.31 bits per heavy atom. The molecule has 0 aromatic rings. The number of hydrogen-bond donors (Lipinski definition) is 0. The zero-order chi connectivity index (χ0) is 9.42. The number of carbonyl (C=O) groups excluding carboxylic acids is 1. The average molecular weight is 179 g/mol. The van der Waals surface area contributed by atoms with Crippen molar-refractivity contribution in [2.24, 2.45) is 11.8 Å². The van der Waals surface area contributed by atoms with E-state index >= 15 is 0 Å². The quantitative estimate of drug-likeness (QED) is 0.603. The predicted octanol–water partition coefficient (Wildman–Crippen LogP) is 1.82. The highest BCUT2D eigenvalue weighted by atomic mass is 16.1. The fraction of sp³-hybridized carbons (Fsp3) is 0.727. The first-order chi connectivity index (χ1) is 6.18. The Morgan fingerprint density at radius 2 is 2.00 bits per heavy atom. The van der Waals surface area contributed by atoms with E-state index in [1.54, 1.807) is 0 Å². The summed E-state index contributed by atoms with van der Waals surface area (Å²) < 4.78 is 0. The van der Waals surface area contributed by atoms with Gasteiger partial charge in [0.05, 0.1) is 0 Å². The molecule has 2 saturated carbocycles. The third-order valence-corrected chi connectivity index (χ3v) is 2.98. The van der Waals surface area contributed by atoms with Gasteiger partial charge in [0.2, 0.25) is 0 Å². The van der Waals surface area contributed by atoms with Gasteiger partial charge in [-0.25, -0.2) is 0 Å². The Balaban J connectivity index is 2.05. The molecule has 2 aliphatic carbocycles. The number of carbonyl (C=O) groups is 1. The van der Waals surface area contributed by atoms with E-state index in [4.69, 9.17) is 0 Å². The average Bonchev–Trinajstić information content (AvgIpc) is 2.81. The summed E-state index contributed by atoms with van der Waals surface area (Å²) in [5.41, 5.74) is 1.04. The molecule has 0 saturated heterocycles. The van der Waals surface area contributed by atoms with Crippen molar-refractivity contribution in [3.8, 4) is 0 Å². The molecule has 0 radical (unpaired) electrons.